The molecular weight excluding hydrogens is 604 g/mol. The van der Waals surface area contributed by atoms with E-state index >= 15 is 0 Å². The molecule has 0 saturated carbocycles. The molecule has 0 amide bonds. The molecule has 0 saturated heterocycles. The molecule has 49 heavy (non-hydrogen) atoms. The molecule has 7 aromatic rings. The number of nitrogens with one attached hydrogen (secondary N) is 2. The number of oxazole rings is 1. The Bertz CT molecular complexity index is 2650. The third kappa shape index (κ3) is 5.03. The Morgan fingerprint density at radius 2 is 0.776 bits per heavy atom. The van der Waals surface area contributed by atoms with Crippen LogP contribution in [0, 0.1) is 0 Å². The van der Waals surface area contributed by atoms with Crippen molar-refractivity contribution in [1.82, 2.24) is 19.9 Å². The Morgan fingerprint density at radius 1 is 0.408 bits per heavy atom. The molecule has 2 N–H and O–H groups in total. The molecule has 0 spiro atoms. The van der Waals surface area contributed by atoms with Crippen LogP contribution in [0.25, 0.3) is 91.1 Å². The van der Waals surface area contributed by atoms with Crippen molar-refractivity contribution in [3.63, 3.8) is 0 Å². The second kappa shape index (κ2) is 11.8. The lowest BCUT2D eigenvalue weighted by molar-refractivity contribution is 0.574. The SMILES string of the molecule is O=c1oc2[nH]c1c(-c1ccccc1)c1nc(c(-c3ccccc3)c3ccc([nH]3)c(-c3ccccc3)c3nc(c2-c2ccccc2)C=C3)C=C1. The number of H-pyrrole nitrogens is 2. The number of aromatic nitrogens is 4. The molecule has 0 unspecified atom stereocenters. The minimum Gasteiger partial charge on any atom is -0.404 e. The van der Waals surface area contributed by atoms with Crippen molar-refractivity contribution in [2.24, 2.45) is 0 Å². The number of hydrogen-bond acceptors (Lipinski definition) is 4. The van der Waals surface area contributed by atoms with E-state index in [0.29, 0.717) is 33.7 Å². The average molecular weight is 633 g/mol. The first-order valence-electron chi connectivity index (χ1n) is 16.1. The summed E-state index contributed by atoms with van der Waals surface area (Å²) in [6.07, 6.45) is 7.99. The molecule has 232 valence electrons. The summed E-state index contributed by atoms with van der Waals surface area (Å²) in [6.45, 7) is 0. The average Bonchev–Trinajstić information content (AvgIpc) is 3.98. The molecule has 2 aliphatic rings. The van der Waals surface area contributed by atoms with Crippen LogP contribution in [0.4, 0.5) is 0 Å². The van der Waals surface area contributed by atoms with Gasteiger partial charge < -0.3 is 14.4 Å². The van der Waals surface area contributed by atoms with Gasteiger partial charge in [0, 0.05) is 27.7 Å². The fourth-order valence-corrected chi connectivity index (χ4v) is 6.70. The van der Waals surface area contributed by atoms with Crippen LogP contribution in [-0.4, -0.2) is 19.9 Å². The largest absolute Gasteiger partial charge is 0.404 e. The predicted molar refractivity (Wildman–Crippen MR) is 199 cm³/mol. The van der Waals surface area contributed by atoms with E-state index in [1.807, 2.05) is 121 Å². The first-order valence-corrected chi connectivity index (χ1v) is 16.1. The minimum absolute atomic E-state index is 0.318. The van der Waals surface area contributed by atoms with Crippen LogP contribution in [-0.2, 0) is 0 Å². The maximum absolute atomic E-state index is 13.9. The van der Waals surface area contributed by atoms with E-state index in [1.54, 1.807) is 0 Å². The fourth-order valence-electron chi connectivity index (χ4n) is 6.70. The Morgan fingerprint density at radius 3 is 1.22 bits per heavy atom. The number of nitrogens with zero attached hydrogens (tertiary/aromatic N) is 2. The summed E-state index contributed by atoms with van der Waals surface area (Å²) < 4.78 is 6.09. The van der Waals surface area contributed by atoms with E-state index in [2.05, 4.69) is 46.4 Å². The van der Waals surface area contributed by atoms with Gasteiger partial charge >= 0.3 is 5.63 Å². The smallest absolute Gasteiger partial charge is 0.362 e. The summed E-state index contributed by atoms with van der Waals surface area (Å²) in [5.74, 6) is 0. The van der Waals surface area contributed by atoms with Gasteiger partial charge in [0.25, 0.3) is 0 Å². The minimum atomic E-state index is -0.486. The van der Waals surface area contributed by atoms with Gasteiger partial charge in [-0.05, 0) is 58.7 Å². The van der Waals surface area contributed by atoms with E-state index in [-0.39, 0.29) is 0 Å². The van der Waals surface area contributed by atoms with Crippen molar-refractivity contribution in [1.29, 1.82) is 0 Å². The molecule has 2 aliphatic heterocycles. The van der Waals surface area contributed by atoms with Gasteiger partial charge in [0.05, 0.1) is 28.3 Å². The monoisotopic (exact) mass is 632 g/mol. The zero-order valence-corrected chi connectivity index (χ0v) is 26.2. The summed E-state index contributed by atoms with van der Waals surface area (Å²) in [4.78, 5) is 31.5. The summed E-state index contributed by atoms with van der Waals surface area (Å²) in [5, 5.41) is 0. The lowest BCUT2D eigenvalue weighted by Gasteiger charge is -2.06. The molecule has 4 aromatic carbocycles. The van der Waals surface area contributed by atoms with Crippen molar-refractivity contribution < 1.29 is 4.42 Å². The van der Waals surface area contributed by atoms with Crippen LogP contribution < -0.4 is 5.63 Å². The highest BCUT2D eigenvalue weighted by Crippen LogP contribution is 2.37. The number of aromatic amines is 2. The van der Waals surface area contributed by atoms with E-state index in [1.165, 1.54) is 0 Å². The van der Waals surface area contributed by atoms with Crippen molar-refractivity contribution in [3.8, 4) is 44.5 Å². The van der Waals surface area contributed by atoms with E-state index in [9.17, 15) is 4.79 Å². The molecule has 8 bridgehead atoms. The number of hydrogen-bond donors (Lipinski definition) is 2. The molecule has 0 fully saturated rings. The van der Waals surface area contributed by atoms with Gasteiger partial charge in [0.15, 0.2) is 0 Å². The molecule has 6 heteroatoms. The lowest BCUT2D eigenvalue weighted by atomic mass is 10.0. The van der Waals surface area contributed by atoms with Crippen LogP contribution in [0.1, 0.15) is 22.8 Å². The van der Waals surface area contributed by atoms with Crippen LogP contribution >= 0.6 is 0 Å². The molecule has 9 rings (SSSR count). The highest BCUT2D eigenvalue weighted by molar-refractivity contribution is 5.98. The molecule has 0 aliphatic carbocycles. The number of benzene rings is 4. The summed E-state index contributed by atoms with van der Waals surface area (Å²) in [5.41, 5.74) is 11.9. The molecule has 0 radical (unpaired) electrons. The van der Waals surface area contributed by atoms with Gasteiger partial charge in [-0.1, -0.05) is 121 Å². The van der Waals surface area contributed by atoms with Crippen molar-refractivity contribution in [3.05, 3.63) is 167 Å². The van der Waals surface area contributed by atoms with Gasteiger partial charge in [-0.2, -0.15) is 0 Å². The highest BCUT2D eigenvalue weighted by Gasteiger charge is 2.21. The third-order valence-electron chi connectivity index (χ3n) is 8.89. The van der Waals surface area contributed by atoms with E-state index in [4.69, 9.17) is 14.4 Å². The van der Waals surface area contributed by atoms with Crippen molar-refractivity contribution in [2.75, 3.05) is 0 Å². The standard InChI is InChI=1S/C43H28N4O2/c48-43-41-39(29-17-9-3-10-18-29)35-25-23-33(45-35)37(27-13-5-1-6-14-27)31-21-22-32(44-31)38(28-15-7-2-8-16-28)34-24-26-36(46-34)40(42(47-41)49-43)30-19-11-4-12-20-30/h1-26,44,47H. The molecule has 6 nitrogen and oxygen atoms in total. The molecule has 0 atom stereocenters. The fraction of sp³-hybridized carbons (Fsp3) is 0. The maximum atomic E-state index is 13.9. The van der Waals surface area contributed by atoms with Crippen molar-refractivity contribution >= 4 is 46.6 Å². The van der Waals surface area contributed by atoms with Gasteiger partial charge in [0.2, 0.25) is 5.71 Å². The topological polar surface area (TPSA) is 87.6 Å². The highest BCUT2D eigenvalue weighted by atomic mass is 16.4. The first kappa shape index (κ1) is 28.4. The van der Waals surface area contributed by atoms with Crippen LogP contribution in [0.2, 0.25) is 0 Å². The predicted octanol–water partition coefficient (Wildman–Crippen LogP) is 10.3. The number of rotatable bonds is 4. The van der Waals surface area contributed by atoms with Gasteiger partial charge in [-0.25, -0.2) is 14.8 Å². The normalized spacial score (nSPS) is 12.0. The Hall–Kier alpha value is -6.79. The van der Waals surface area contributed by atoms with Gasteiger partial charge in [-0.15, -0.1) is 0 Å². The lowest BCUT2D eigenvalue weighted by Crippen LogP contribution is -1.96. The Kier molecular flexibility index (Phi) is 6.84. The molecule has 5 heterocycles. The van der Waals surface area contributed by atoms with Crippen LogP contribution in [0.3, 0.4) is 0 Å². The zero-order chi connectivity index (χ0) is 32.7. The second-order valence-corrected chi connectivity index (χ2v) is 11.9. The van der Waals surface area contributed by atoms with Crippen molar-refractivity contribution in [2.45, 2.75) is 0 Å². The Balaban J connectivity index is 1.51. The quantitative estimate of drug-likeness (QED) is 0.202. The second-order valence-electron chi connectivity index (χ2n) is 11.9. The zero-order valence-electron chi connectivity index (χ0n) is 26.2. The van der Waals surface area contributed by atoms with E-state index < -0.39 is 5.63 Å². The van der Waals surface area contributed by atoms with Gasteiger partial charge in [-0.3, -0.25) is 0 Å². The summed E-state index contributed by atoms with van der Waals surface area (Å²) in [6, 6.07) is 44.4. The third-order valence-corrected chi connectivity index (χ3v) is 8.89. The molecule has 3 aromatic heterocycles. The summed E-state index contributed by atoms with van der Waals surface area (Å²) >= 11 is 0. The Labute approximate surface area is 281 Å². The van der Waals surface area contributed by atoms with Crippen LogP contribution in [0.15, 0.2) is 143 Å². The maximum Gasteiger partial charge on any atom is 0.362 e. The van der Waals surface area contributed by atoms with Gasteiger partial charge in [0.1, 0.15) is 5.52 Å². The summed E-state index contributed by atoms with van der Waals surface area (Å²) in [7, 11) is 0. The van der Waals surface area contributed by atoms with Crippen LogP contribution in [0.5, 0.6) is 0 Å². The molecular formula is C43H28N4O2. The first-order chi connectivity index (χ1) is 24.2. The number of fused-ring (bicyclic) bond motifs is 8. The van der Waals surface area contributed by atoms with E-state index in [0.717, 1.165) is 55.8 Å².